The average Bonchev–Trinajstić information content (AvgIpc) is 2.79. The molecule has 3 aromatic rings. The summed E-state index contributed by atoms with van der Waals surface area (Å²) in [5.41, 5.74) is -2.82. The summed E-state index contributed by atoms with van der Waals surface area (Å²) in [4.78, 5) is 12.6. The molecular formula is C24H19ClF6N2O3S. The summed E-state index contributed by atoms with van der Waals surface area (Å²) in [6, 6.07) is 12.3. The maximum absolute atomic E-state index is 13.3. The van der Waals surface area contributed by atoms with E-state index in [0.717, 1.165) is 9.87 Å². The topological polar surface area (TPSA) is 66.5 Å². The van der Waals surface area contributed by atoms with Gasteiger partial charge in [0.25, 0.3) is 0 Å². The Hall–Kier alpha value is -3.09. The van der Waals surface area contributed by atoms with Gasteiger partial charge in [0.1, 0.15) is 0 Å². The Bertz CT molecular complexity index is 1340. The molecule has 1 amide bonds. The number of aryl methyl sites for hydroxylation is 1. The summed E-state index contributed by atoms with van der Waals surface area (Å²) >= 11 is 5.86. The number of anilines is 1. The zero-order valence-electron chi connectivity index (χ0n) is 19.0. The van der Waals surface area contributed by atoms with Gasteiger partial charge in [-0.3, -0.25) is 4.79 Å². The Morgan fingerprint density at radius 3 is 1.86 bits per heavy atom. The molecule has 0 atom stereocenters. The number of halogens is 7. The van der Waals surface area contributed by atoms with E-state index in [1.54, 1.807) is 6.92 Å². The largest absolute Gasteiger partial charge is 0.416 e. The molecule has 0 bridgehead atoms. The van der Waals surface area contributed by atoms with E-state index < -0.39 is 51.6 Å². The predicted molar refractivity (Wildman–Crippen MR) is 125 cm³/mol. The molecule has 0 unspecified atom stereocenters. The zero-order valence-corrected chi connectivity index (χ0v) is 20.6. The van der Waals surface area contributed by atoms with Crippen LogP contribution in [0.5, 0.6) is 0 Å². The van der Waals surface area contributed by atoms with Gasteiger partial charge in [0.05, 0.1) is 22.6 Å². The summed E-state index contributed by atoms with van der Waals surface area (Å²) in [6.07, 6.45) is -10.2. The molecule has 13 heteroatoms. The number of hydrogen-bond acceptors (Lipinski definition) is 3. The van der Waals surface area contributed by atoms with Gasteiger partial charge in [-0.1, -0.05) is 41.4 Å². The van der Waals surface area contributed by atoms with Crippen molar-refractivity contribution < 1.29 is 39.6 Å². The second-order valence-corrected chi connectivity index (χ2v) is 10.4. The van der Waals surface area contributed by atoms with E-state index in [1.807, 2.05) is 5.32 Å². The third-order valence-electron chi connectivity index (χ3n) is 5.12. The van der Waals surface area contributed by atoms with Crippen LogP contribution in [0.3, 0.4) is 0 Å². The van der Waals surface area contributed by atoms with Crippen LogP contribution in [0.1, 0.15) is 22.3 Å². The number of sulfonamides is 1. The van der Waals surface area contributed by atoms with Crippen LogP contribution in [0.4, 0.5) is 32.0 Å². The van der Waals surface area contributed by atoms with Crippen molar-refractivity contribution in [2.24, 2.45) is 0 Å². The molecule has 0 aromatic heterocycles. The molecule has 37 heavy (non-hydrogen) atoms. The Morgan fingerprint density at radius 2 is 1.38 bits per heavy atom. The molecular weight excluding hydrogens is 546 g/mol. The lowest BCUT2D eigenvalue weighted by Gasteiger charge is -2.22. The highest BCUT2D eigenvalue weighted by Gasteiger charge is 2.37. The second-order valence-electron chi connectivity index (χ2n) is 8.06. The van der Waals surface area contributed by atoms with Crippen LogP contribution in [0.2, 0.25) is 5.02 Å². The first kappa shape index (κ1) is 28.5. The highest BCUT2D eigenvalue weighted by Crippen LogP contribution is 2.37. The molecule has 0 aliphatic heterocycles. The van der Waals surface area contributed by atoms with E-state index in [2.05, 4.69) is 0 Å². The molecule has 5 nitrogen and oxygen atoms in total. The average molecular weight is 565 g/mol. The van der Waals surface area contributed by atoms with Gasteiger partial charge in [0.15, 0.2) is 0 Å². The molecule has 198 valence electrons. The van der Waals surface area contributed by atoms with Gasteiger partial charge in [0.2, 0.25) is 15.9 Å². The summed E-state index contributed by atoms with van der Waals surface area (Å²) in [5, 5.41) is 2.33. The van der Waals surface area contributed by atoms with Crippen molar-refractivity contribution in [1.29, 1.82) is 0 Å². The van der Waals surface area contributed by atoms with E-state index in [9.17, 15) is 39.6 Å². The summed E-state index contributed by atoms with van der Waals surface area (Å²) in [6.45, 7) is 0.521. The normalized spacial score (nSPS) is 12.6. The third kappa shape index (κ3) is 7.46. The SMILES string of the molecule is Cc1ccc(S(=O)(=O)N(CC(=O)Nc2cc(C(F)(F)F)cc(C(F)(F)F)c2)Cc2ccc(Cl)cc2)cc1. The Kier molecular flexibility index (Phi) is 8.25. The molecule has 0 radical (unpaired) electrons. The number of amides is 1. The Morgan fingerprint density at radius 1 is 0.865 bits per heavy atom. The predicted octanol–water partition coefficient (Wildman–Crippen LogP) is 6.52. The van der Waals surface area contributed by atoms with Crippen LogP contribution in [0.25, 0.3) is 0 Å². The Balaban J connectivity index is 1.94. The number of carbonyl (C=O) groups excluding carboxylic acids is 1. The number of alkyl halides is 6. The molecule has 0 spiro atoms. The molecule has 1 N–H and O–H groups in total. The minimum absolute atomic E-state index is 0.0790. The molecule has 0 aliphatic carbocycles. The Labute approximate surface area is 213 Å². The molecule has 3 aromatic carbocycles. The number of carbonyl (C=O) groups is 1. The van der Waals surface area contributed by atoms with Crippen LogP contribution in [-0.4, -0.2) is 25.2 Å². The first-order chi connectivity index (χ1) is 17.1. The van der Waals surface area contributed by atoms with Crippen LogP contribution in [-0.2, 0) is 33.7 Å². The van der Waals surface area contributed by atoms with Gasteiger partial charge in [0, 0.05) is 17.3 Å². The van der Waals surface area contributed by atoms with Gasteiger partial charge in [-0.15, -0.1) is 0 Å². The van der Waals surface area contributed by atoms with E-state index >= 15 is 0 Å². The fourth-order valence-electron chi connectivity index (χ4n) is 3.27. The summed E-state index contributed by atoms with van der Waals surface area (Å²) in [7, 11) is -4.30. The lowest BCUT2D eigenvalue weighted by molar-refractivity contribution is -0.143. The fraction of sp³-hybridized carbons (Fsp3) is 0.208. The smallest absolute Gasteiger partial charge is 0.325 e. The lowest BCUT2D eigenvalue weighted by atomic mass is 10.1. The molecule has 0 saturated heterocycles. The van der Waals surface area contributed by atoms with Crippen molar-refractivity contribution in [3.63, 3.8) is 0 Å². The summed E-state index contributed by atoms with van der Waals surface area (Å²) in [5.74, 6) is -1.14. The zero-order chi connectivity index (χ0) is 27.6. The maximum atomic E-state index is 13.3. The lowest BCUT2D eigenvalue weighted by Crippen LogP contribution is -2.37. The van der Waals surface area contributed by atoms with Crippen molar-refractivity contribution in [2.75, 3.05) is 11.9 Å². The number of nitrogens with zero attached hydrogens (tertiary/aromatic N) is 1. The van der Waals surface area contributed by atoms with Gasteiger partial charge in [-0.25, -0.2) is 8.42 Å². The van der Waals surface area contributed by atoms with Crippen LogP contribution in [0, 0.1) is 6.92 Å². The van der Waals surface area contributed by atoms with Crippen molar-refractivity contribution in [3.8, 4) is 0 Å². The van der Waals surface area contributed by atoms with Crippen molar-refractivity contribution in [2.45, 2.75) is 30.7 Å². The number of benzene rings is 3. The van der Waals surface area contributed by atoms with E-state index in [1.165, 1.54) is 48.5 Å². The highest BCUT2D eigenvalue weighted by molar-refractivity contribution is 7.89. The number of hydrogen-bond donors (Lipinski definition) is 1. The monoisotopic (exact) mass is 564 g/mol. The van der Waals surface area contributed by atoms with E-state index in [4.69, 9.17) is 11.6 Å². The molecule has 0 heterocycles. The molecule has 0 saturated carbocycles. The fourth-order valence-corrected chi connectivity index (χ4v) is 4.78. The van der Waals surface area contributed by atoms with Gasteiger partial charge in [-0.2, -0.15) is 30.6 Å². The first-order valence-electron chi connectivity index (χ1n) is 10.5. The van der Waals surface area contributed by atoms with Crippen molar-refractivity contribution in [3.05, 3.63) is 94.0 Å². The molecule has 3 rings (SSSR count). The van der Waals surface area contributed by atoms with Gasteiger partial charge >= 0.3 is 12.4 Å². The quantitative estimate of drug-likeness (QED) is 0.333. The standard InChI is InChI=1S/C24H19ClF6N2O3S/c1-15-2-8-21(9-3-15)37(35,36)33(13-16-4-6-19(25)7-5-16)14-22(34)32-20-11-17(23(26,27)28)10-18(12-20)24(29,30)31/h2-12H,13-14H2,1H3,(H,32,34). The second kappa shape index (κ2) is 10.7. The number of nitrogens with one attached hydrogen (secondary N) is 1. The first-order valence-corrected chi connectivity index (χ1v) is 12.3. The van der Waals surface area contributed by atoms with Gasteiger partial charge < -0.3 is 5.32 Å². The molecule has 0 fully saturated rings. The minimum atomic E-state index is -5.11. The van der Waals surface area contributed by atoms with E-state index in [-0.39, 0.29) is 17.5 Å². The highest BCUT2D eigenvalue weighted by atomic mass is 35.5. The van der Waals surface area contributed by atoms with Crippen molar-refractivity contribution >= 4 is 33.2 Å². The van der Waals surface area contributed by atoms with Crippen LogP contribution < -0.4 is 5.32 Å². The third-order valence-corrected chi connectivity index (χ3v) is 7.18. The number of rotatable bonds is 7. The minimum Gasteiger partial charge on any atom is -0.325 e. The van der Waals surface area contributed by atoms with E-state index in [0.29, 0.717) is 22.7 Å². The summed E-state index contributed by atoms with van der Waals surface area (Å²) < 4.78 is 106. The van der Waals surface area contributed by atoms with Gasteiger partial charge in [-0.05, 0) is 55.0 Å². The molecule has 0 aliphatic rings. The van der Waals surface area contributed by atoms with Crippen LogP contribution >= 0.6 is 11.6 Å². The van der Waals surface area contributed by atoms with Crippen LogP contribution in [0.15, 0.2) is 71.6 Å². The maximum Gasteiger partial charge on any atom is 0.416 e. The van der Waals surface area contributed by atoms with Crippen molar-refractivity contribution in [1.82, 2.24) is 4.31 Å².